The SMILES string of the molecule is Nc1ccc(N2CCOC2=O)nc1. The molecule has 5 nitrogen and oxygen atoms in total. The lowest BCUT2D eigenvalue weighted by Gasteiger charge is -2.10. The highest BCUT2D eigenvalue weighted by Gasteiger charge is 2.24. The molecular weight excluding hydrogens is 170 g/mol. The highest BCUT2D eigenvalue weighted by atomic mass is 16.6. The summed E-state index contributed by atoms with van der Waals surface area (Å²) in [6, 6.07) is 3.40. The molecule has 0 unspecified atom stereocenters. The summed E-state index contributed by atoms with van der Waals surface area (Å²) in [6.07, 6.45) is 1.17. The standard InChI is InChI=1S/C8H9N3O2/c9-6-1-2-7(10-5-6)11-3-4-13-8(11)12/h1-2,5H,3-4,9H2. The second-order valence-electron chi connectivity index (χ2n) is 2.72. The highest BCUT2D eigenvalue weighted by Crippen LogP contribution is 2.16. The van der Waals surface area contributed by atoms with E-state index in [1.165, 1.54) is 11.1 Å². The fourth-order valence-corrected chi connectivity index (χ4v) is 1.16. The molecule has 0 aromatic carbocycles. The van der Waals surface area contributed by atoms with Gasteiger partial charge in [-0.25, -0.2) is 9.78 Å². The van der Waals surface area contributed by atoms with E-state index in [-0.39, 0.29) is 6.09 Å². The summed E-state index contributed by atoms with van der Waals surface area (Å²) in [4.78, 5) is 16.6. The van der Waals surface area contributed by atoms with Crippen LogP contribution in [0.3, 0.4) is 0 Å². The lowest BCUT2D eigenvalue weighted by Crippen LogP contribution is -2.24. The van der Waals surface area contributed by atoms with Gasteiger partial charge in [-0.3, -0.25) is 4.90 Å². The fourth-order valence-electron chi connectivity index (χ4n) is 1.16. The van der Waals surface area contributed by atoms with E-state index in [1.54, 1.807) is 12.1 Å². The zero-order chi connectivity index (χ0) is 9.26. The first kappa shape index (κ1) is 7.85. The Labute approximate surface area is 75.1 Å². The Morgan fingerprint density at radius 1 is 1.54 bits per heavy atom. The number of cyclic esters (lactones) is 1. The molecule has 0 saturated carbocycles. The van der Waals surface area contributed by atoms with Crippen molar-refractivity contribution in [2.24, 2.45) is 0 Å². The van der Waals surface area contributed by atoms with Gasteiger partial charge >= 0.3 is 6.09 Å². The van der Waals surface area contributed by atoms with E-state index in [9.17, 15) is 4.79 Å². The van der Waals surface area contributed by atoms with Crippen molar-refractivity contribution in [3.8, 4) is 0 Å². The summed E-state index contributed by atoms with van der Waals surface area (Å²) in [5.74, 6) is 0.580. The van der Waals surface area contributed by atoms with Crippen molar-refractivity contribution in [2.75, 3.05) is 23.8 Å². The number of rotatable bonds is 1. The Morgan fingerprint density at radius 3 is 2.92 bits per heavy atom. The third kappa shape index (κ3) is 1.40. The first-order chi connectivity index (χ1) is 6.27. The third-order valence-electron chi connectivity index (χ3n) is 1.81. The van der Waals surface area contributed by atoms with Crippen molar-refractivity contribution in [1.29, 1.82) is 0 Å². The van der Waals surface area contributed by atoms with E-state index >= 15 is 0 Å². The second-order valence-corrected chi connectivity index (χ2v) is 2.72. The minimum atomic E-state index is -0.350. The van der Waals surface area contributed by atoms with Crippen LogP contribution in [-0.4, -0.2) is 24.2 Å². The monoisotopic (exact) mass is 179 g/mol. The number of anilines is 2. The molecule has 1 aromatic rings. The Bertz CT molecular complexity index is 323. The molecule has 0 atom stereocenters. The van der Waals surface area contributed by atoms with Crippen LogP contribution in [0.4, 0.5) is 16.3 Å². The minimum Gasteiger partial charge on any atom is -0.447 e. The van der Waals surface area contributed by atoms with Crippen LogP contribution in [0.1, 0.15) is 0 Å². The minimum absolute atomic E-state index is 0.350. The second kappa shape index (κ2) is 2.93. The van der Waals surface area contributed by atoms with E-state index in [4.69, 9.17) is 10.5 Å². The number of carbonyl (C=O) groups is 1. The number of hydrogen-bond donors (Lipinski definition) is 1. The van der Waals surface area contributed by atoms with Crippen LogP contribution in [0, 0.1) is 0 Å². The summed E-state index contributed by atoms with van der Waals surface area (Å²) < 4.78 is 4.77. The topological polar surface area (TPSA) is 68.4 Å². The molecule has 13 heavy (non-hydrogen) atoms. The summed E-state index contributed by atoms with van der Waals surface area (Å²) in [7, 11) is 0. The summed E-state index contributed by atoms with van der Waals surface area (Å²) in [5.41, 5.74) is 6.04. The maximum absolute atomic E-state index is 11.1. The van der Waals surface area contributed by atoms with E-state index in [0.29, 0.717) is 24.7 Å². The van der Waals surface area contributed by atoms with Gasteiger partial charge in [0.15, 0.2) is 0 Å². The van der Waals surface area contributed by atoms with Crippen LogP contribution in [0.2, 0.25) is 0 Å². The third-order valence-corrected chi connectivity index (χ3v) is 1.81. The molecule has 0 aliphatic carbocycles. The zero-order valence-electron chi connectivity index (χ0n) is 6.93. The van der Waals surface area contributed by atoms with E-state index < -0.39 is 0 Å². The number of hydrogen-bond acceptors (Lipinski definition) is 4. The highest BCUT2D eigenvalue weighted by molar-refractivity contribution is 5.88. The fraction of sp³-hybridized carbons (Fsp3) is 0.250. The zero-order valence-corrected chi connectivity index (χ0v) is 6.93. The molecule has 2 rings (SSSR count). The Balaban J connectivity index is 2.25. The molecule has 0 spiro atoms. The molecule has 1 aliphatic rings. The van der Waals surface area contributed by atoms with Gasteiger partial charge in [0, 0.05) is 0 Å². The number of aromatic nitrogens is 1. The summed E-state index contributed by atoms with van der Waals surface area (Å²) in [5, 5.41) is 0. The van der Waals surface area contributed by atoms with Gasteiger partial charge in [-0.15, -0.1) is 0 Å². The molecule has 1 aromatic heterocycles. The van der Waals surface area contributed by atoms with Crippen molar-refractivity contribution in [2.45, 2.75) is 0 Å². The van der Waals surface area contributed by atoms with Gasteiger partial charge in [0.2, 0.25) is 0 Å². The molecule has 2 N–H and O–H groups in total. The normalized spacial score (nSPS) is 16.0. The van der Waals surface area contributed by atoms with Gasteiger partial charge in [0.1, 0.15) is 12.4 Å². The number of amides is 1. The van der Waals surface area contributed by atoms with Gasteiger partial charge in [-0.2, -0.15) is 0 Å². The van der Waals surface area contributed by atoms with Crippen LogP contribution >= 0.6 is 0 Å². The Kier molecular flexibility index (Phi) is 1.77. The smallest absolute Gasteiger partial charge is 0.415 e. The number of ether oxygens (including phenoxy) is 1. The molecule has 2 heterocycles. The number of nitrogen functional groups attached to an aromatic ring is 1. The van der Waals surface area contributed by atoms with E-state index in [1.807, 2.05) is 0 Å². The van der Waals surface area contributed by atoms with Gasteiger partial charge < -0.3 is 10.5 Å². The molecule has 1 aliphatic heterocycles. The van der Waals surface area contributed by atoms with Crippen LogP contribution in [-0.2, 0) is 4.74 Å². The van der Waals surface area contributed by atoms with Crippen molar-refractivity contribution in [3.05, 3.63) is 18.3 Å². The van der Waals surface area contributed by atoms with E-state index in [2.05, 4.69) is 4.98 Å². The van der Waals surface area contributed by atoms with Crippen molar-refractivity contribution in [3.63, 3.8) is 0 Å². The van der Waals surface area contributed by atoms with Gasteiger partial charge in [-0.05, 0) is 12.1 Å². The van der Waals surface area contributed by atoms with Crippen LogP contribution in [0.15, 0.2) is 18.3 Å². The lowest BCUT2D eigenvalue weighted by molar-refractivity contribution is 0.181. The molecule has 1 saturated heterocycles. The number of nitrogens with two attached hydrogens (primary N) is 1. The van der Waals surface area contributed by atoms with Crippen LogP contribution < -0.4 is 10.6 Å². The van der Waals surface area contributed by atoms with Crippen LogP contribution in [0.5, 0.6) is 0 Å². The molecule has 0 bridgehead atoms. The maximum atomic E-state index is 11.1. The predicted octanol–water partition coefficient (Wildman–Crippen LogP) is 0.620. The molecule has 0 radical (unpaired) electrons. The molecule has 68 valence electrons. The maximum Gasteiger partial charge on any atom is 0.415 e. The average molecular weight is 179 g/mol. The van der Waals surface area contributed by atoms with Gasteiger partial charge in [0.05, 0.1) is 18.4 Å². The molecule has 1 amide bonds. The number of nitrogens with zero attached hydrogens (tertiary/aromatic N) is 2. The van der Waals surface area contributed by atoms with Gasteiger partial charge in [0.25, 0.3) is 0 Å². The molecule has 1 fully saturated rings. The Morgan fingerprint density at radius 2 is 2.38 bits per heavy atom. The van der Waals surface area contributed by atoms with Crippen molar-refractivity contribution >= 4 is 17.6 Å². The number of carbonyl (C=O) groups excluding carboxylic acids is 1. The van der Waals surface area contributed by atoms with E-state index in [0.717, 1.165) is 0 Å². The lowest BCUT2D eigenvalue weighted by atomic mass is 10.4. The first-order valence-electron chi connectivity index (χ1n) is 3.93. The van der Waals surface area contributed by atoms with Crippen molar-refractivity contribution < 1.29 is 9.53 Å². The molecule has 5 heteroatoms. The number of pyridine rings is 1. The van der Waals surface area contributed by atoms with Crippen molar-refractivity contribution in [1.82, 2.24) is 4.98 Å². The first-order valence-corrected chi connectivity index (χ1v) is 3.93. The largest absolute Gasteiger partial charge is 0.447 e. The average Bonchev–Trinajstić information content (AvgIpc) is 2.53. The predicted molar refractivity (Wildman–Crippen MR) is 47.3 cm³/mol. The summed E-state index contributed by atoms with van der Waals surface area (Å²) in [6.45, 7) is 0.973. The van der Waals surface area contributed by atoms with Gasteiger partial charge in [-0.1, -0.05) is 0 Å². The quantitative estimate of drug-likeness (QED) is 0.686. The molecular formula is C8H9N3O2. The Hall–Kier alpha value is -1.78. The van der Waals surface area contributed by atoms with Crippen LogP contribution in [0.25, 0.3) is 0 Å². The summed E-state index contributed by atoms with van der Waals surface area (Å²) >= 11 is 0.